The van der Waals surface area contributed by atoms with Crippen molar-refractivity contribution in [2.24, 2.45) is 0 Å². The number of hydrogen-bond donors (Lipinski definition) is 1. The Balaban J connectivity index is 1.92. The first-order valence-electron chi connectivity index (χ1n) is 7.37. The number of amides is 2. The average Bonchev–Trinajstić information content (AvgIpc) is 2.98. The Kier molecular flexibility index (Phi) is 3.04. The quantitative estimate of drug-likeness (QED) is 0.736. The molecule has 116 valence electrons. The lowest BCUT2D eigenvalue weighted by molar-refractivity contribution is -0.134. The Hall–Kier alpha value is -2.89. The highest BCUT2D eigenvalue weighted by Crippen LogP contribution is 2.35. The largest absolute Gasteiger partial charge is 0.497 e. The molecule has 2 amide bonds. The van der Waals surface area contributed by atoms with Gasteiger partial charge in [0.15, 0.2) is 5.58 Å². The fourth-order valence-electron chi connectivity index (χ4n) is 3.09. The fourth-order valence-corrected chi connectivity index (χ4v) is 3.09. The van der Waals surface area contributed by atoms with Crippen LogP contribution in [0.5, 0.6) is 5.75 Å². The second-order valence-electron chi connectivity index (χ2n) is 5.60. The van der Waals surface area contributed by atoms with E-state index in [1.165, 1.54) is 0 Å². The maximum absolute atomic E-state index is 12.1. The molecule has 1 aliphatic heterocycles. The number of fused-ring (bicyclic) bond motifs is 3. The predicted octanol–water partition coefficient (Wildman–Crippen LogP) is 2.51. The highest BCUT2D eigenvalue weighted by molar-refractivity contribution is 6.10. The highest BCUT2D eigenvalue weighted by atomic mass is 16.5. The van der Waals surface area contributed by atoms with Gasteiger partial charge < -0.3 is 9.26 Å². The van der Waals surface area contributed by atoms with Crippen molar-refractivity contribution >= 4 is 33.6 Å². The van der Waals surface area contributed by atoms with E-state index in [2.05, 4.69) is 10.5 Å². The van der Waals surface area contributed by atoms with Crippen LogP contribution in [0.4, 0.5) is 0 Å². The topological polar surface area (TPSA) is 81.4 Å². The third kappa shape index (κ3) is 2.14. The Morgan fingerprint density at radius 3 is 2.91 bits per heavy atom. The summed E-state index contributed by atoms with van der Waals surface area (Å²) in [6.45, 7) is 0. The molecule has 1 atom stereocenters. The zero-order valence-electron chi connectivity index (χ0n) is 12.5. The predicted molar refractivity (Wildman–Crippen MR) is 83.2 cm³/mol. The standard InChI is InChI=1S/C17H14N2O4/c1-22-10-3-4-11-9(8-10)2-6-13-15(11)16(19-23-13)12-5-7-14(20)18-17(12)21/h2-4,6,8,12H,5,7H2,1H3,(H,18,20,21)/t12-/m1/s1. The van der Waals surface area contributed by atoms with Crippen LogP contribution in [0.2, 0.25) is 0 Å². The summed E-state index contributed by atoms with van der Waals surface area (Å²) >= 11 is 0. The summed E-state index contributed by atoms with van der Waals surface area (Å²) in [6, 6.07) is 9.49. The van der Waals surface area contributed by atoms with Gasteiger partial charge >= 0.3 is 0 Å². The molecule has 1 aromatic heterocycles. The first-order chi connectivity index (χ1) is 11.2. The number of benzene rings is 2. The molecule has 23 heavy (non-hydrogen) atoms. The lowest BCUT2D eigenvalue weighted by atomic mass is 9.91. The molecule has 0 radical (unpaired) electrons. The van der Waals surface area contributed by atoms with Gasteiger partial charge in [-0.15, -0.1) is 0 Å². The molecule has 3 aromatic rings. The normalized spacial score (nSPS) is 18.4. The molecule has 6 nitrogen and oxygen atoms in total. The highest BCUT2D eigenvalue weighted by Gasteiger charge is 2.32. The van der Waals surface area contributed by atoms with Gasteiger partial charge in [0.25, 0.3) is 0 Å². The molecule has 2 heterocycles. The number of carbonyl (C=O) groups excluding carboxylic acids is 2. The summed E-state index contributed by atoms with van der Waals surface area (Å²) in [5.41, 5.74) is 1.21. The summed E-state index contributed by atoms with van der Waals surface area (Å²) < 4.78 is 10.6. The van der Waals surface area contributed by atoms with Gasteiger partial charge in [-0.2, -0.15) is 0 Å². The number of nitrogens with zero attached hydrogens (tertiary/aromatic N) is 1. The Morgan fingerprint density at radius 2 is 2.13 bits per heavy atom. The van der Waals surface area contributed by atoms with Crippen molar-refractivity contribution in [1.29, 1.82) is 0 Å². The Morgan fingerprint density at radius 1 is 1.26 bits per heavy atom. The van der Waals surface area contributed by atoms with Gasteiger partial charge in [-0.25, -0.2) is 0 Å². The van der Waals surface area contributed by atoms with Crippen LogP contribution < -0.4 is 10.1 Å². The molecule has 2 aromatic carbocycles. The van der Waals surface area contributed by atoms with Gasteiger partial charge in [-0.05, 0) is 41.5 Å². The van der Waals surface area contributed by atoms with Crippen molar-refractivity contribution < 1.29 is 18.8 Å². The monoisotopic (exact) mass is 310 g/mol. The van der Waals surface area contributed by atoms with Crippen LogP contribution in [0.1, 0.15) is 24.5 Å². The minimum absolute atomic E-state index is 0.242. The number of methoxy groups -OCH3 is 1. The summed E-state index contributed by atoms with van der Waals surface area (Å²) in [5, 5.41) is 9.23. The van der Waals surface area contributed by atoms with E-state index in [4.69, 9.17) is 9.26 Å². The molecule has 0 unspecified atom stereocenters. The minimum Gasteiger partial charge on any atom is -0.497 e. The molecule has 0 aliphatic carbocycles. The molecular formula is C17H14N2O4. The van der Waals surface area contributed by atoms with Crippen molar-refractivity contribution in [2.75, 3.05) is 7.11 Å². The average molecular weight is 310 g/mol. The number of imide groups is 1. The van der Waals surface area contributed by atoms with E-state index in [9.17, 15) is 9.59 Å². The van der Waals surface area contributed by atoms with E-state index in [0.717, 1.165) is 21.9 Å². The zero-order valence-corrected chi connectivity index (χ0v) is 12.5. The van der Waals surface area contributed by atoms with Gasteiger partial charge in [0.1, 0.15) is 11.4 Å². The van der Waals surface area contributed by atoms with Gasteiger partial charge in [0, 0.05) is 6.42 Å². The minimum atomic E-state index is -0.471. The lowest BCUT2D eigenvalue weighted by Crippen LogP contribution is -2.39. The van der Waals surface area contributed by atoms with E-state index in [1.54, 1.807) is 7.11 Å². The van der Waals surface area contributed by atoms with Crippen molar-refractivity contribution in [3.05, 3.63) is 36.0 Å². The van der Waals surface area contributed by atoms with Gasteiger partial charge in [0.05, 0.1) is 18.4 Å². The molecular weight excluding hydrogens is 296 g/mol. The van der Waals surface area contributed by atoms with E-state index >= 15 is 0 Å². The van der Waals surface area contributed by atoms with Crippen LogP contribution in [0.15, 0.2) is 34.9 Å². The summed E-state index contributed by atoms with van der Waals surface area (Å²) in [5.74, 6) is -0.270. The molecule has 0 spiro atoms. The second kappa shape index (κ2) is 5.08. The van der Waals surface area contributed by atoms with E-state index < -0.39 is 5.92 Å². The number of carbonyl (C=O) groups is 2. The van der Waals surface area contributed by atoms with Crippen LogP contribution in [-0.2, 0) is 9.59 Å². The molecule has 0 saturated carbocycles. The molecule has 1 fully saturated rings. The van der Waals surface area contributed by atoms with E-state index in [0.29, 0.717) is 24.1 Å². The van der Waals surface area contributed by atoms with Crippen LogP contribution in [0.3, 0.4) is 0 Å². The lowest BCUT2D eigenvalue weighted by Gasteiger charge is -2.19. The van der Waals surface area contributed by atoms with E-state index in [1.807, 2.05) is 30.3 Å². The summed E-state index contributed by atoms with van der Waals surface area (Å²) in [7, 11) is 1.62. The number of hydrogen-bond acceptors (Lipinski definition) is 5. The van der Waals surface area contributed by atoms with Gasteiger partial charge in [0.2, 0.25) is 11.8 Å². The van der Waals surface area contributed by atoms with Crippen molar-refractivity contribution in [3.8, 4) is 5.75 Å². The first-order valence-corrected chi connectivity index (χ1v) is 7.37. The summed E-state index contributed by atoms with van der Waals surface area (Å²) in [6.07, 6.45) is 0.752. The molecule has 1 N–H and O–H groups in total. The number of nitrogens with one attached hydrogen (secondary N) is 1. The van der Waals surface area contributed by atoms with Crippen molar-refractivity contribution in [1.82, 2.24) is 10.5 Å². The molecule has 4 rings (SSSR count). The molecule has 6 heteroatoms. The van der Waals surface area contributed by atoms with Crippen LogP contribution in [-0.4, -0.2) is 24.1 Å². The van der Waals surface area contributed by atoms with Crippen LogP contribution >= 0.6 is 0 Å². The number of piperidine rings is 1. The fraction of sp³-hybridized carbons (Fsp3) is 0.235. The van der Waals surface area contributed by atoms with Crippen molar-refractivity contribution in [3.63, 3.8) is 0 Å². The molecule has 1 aliphatic rings. The van der Waals surface area contributed by atoms with Crippen LogP contribution in [0, 0.1) is 0 Å². The molecule has 1 saturated heterocycles. The second-order valence-corrected chi connectivity index (χ2v) is 5.60. The first kappa shape index (κ1) is 13.8. The molecule has 0 bridgehead atoms. The maximum atomic E-state index is 12.1. The number of rotatable bonds is 2. The van der Waals surface area contributed by atoms with Crippen LogP contribution in [0.25, 0.3) is 21.7 Å². The van der Waals surface area contributed by atoms with Crippen molar-refractivity contribution in [2.45, 2.75) is 18.8 Å². The summed E-state index contributed by atoms with van der Waals surface area (Å²) in [4.78, 5) is 23.5. The van der Waals surface area contributed by atoms with Gasteiger partial charge in [-0.3, -0.25) is 14.9 Å². The zero-order chi connectivity index (χ0) is 16.0. The third-order valence-corrected chi connectivity index (χ3v) is 4.26. The Bertz CT molecular complexity index is 944. The van der Waals surface area contributed by atoms with E-state index in [-0.39, 0.29) is 11.8 Å². The maximum Gasteiger partial charge on any atom is 0.235 e. The van der Waals surface area contributed by atoms with Gasteiger partial charge in [-0.1, -0.05) is 11.2 Å². The smallest absolute Gasteiger partial charge is 0.235 e. The SMILES string of the molecule is COc1ccc2c(ccc3onc([C@H]4CCC(=O)NC4=O)c32)c1. The Labute approximate surface area is 131 Å². The number of ether oxygens (including phenoxy) is 1. The number of aromatic nitrogens is 1. The third-order valence-electron chi connectivity index (χ3n) is 4.26.